The Bertz CT molecular complexity index is 721. The number of aromatic nitrogens is 2. The third-order valence-electron chi connectivity index (χ3n) is 4.83. The van der Waals surface area contributed by atoms with Crippen LogP contribution >= 0.6 is 0 Å². The fraction of sp³-hybridized carbons (Fsp3) is 0.526. The number of rotatable bonds is 4. The molecule has 0 N–H and O–H groups in total. The molecular weight excluding hydrogens is 316 g/mol. The normalized spacial score (nSPS) is 14.9. The summed E-state index contributed by atoms with van der Waals surface area (Å²) in [5, 5.41) is 3.95. The van der Waals surface area contributed by atoms with E-state index < -0.39 is 0 Å². The third-order valence-corrected chi connectivity index (χ3v) is 4.83. The molecule has 0 bridgehead atoms. The highest BCUT2D eigenvalue weighted by molar-refractivity contribution is 5.77. The van der Waals surface area contributed by atoms with Gasteiger partial charge in [0.15, 0.2) is 0 Å². The molecule has 6 heteroatoms. The van der Waals surface area contributed by atoms with Crippen molar-refractivity contribution in [3.8, 4) is 0 Å². The largest absolute Gasteiger partial charge is 0.368 e. The van der Waals surface area contributed by atoms with E-state index in [4.69, 9.17) is 4.52 Å². The summed E-state index contributed by atoms with van der Waals surface area (Å²) in [6, 6.07) is 4.23. The predicted molar refractivity (Wildman–Crippen MR) is 96.8 cm³/mol. The summed E-state index contributed by atoms with van der Waals surface area (Å²) in [6.45, 7) is 11.1. The monoisotopic (exact) mass is 342 g/mol. The molecule has 0 saturated carbocycles. The van der Waals surface area contributed by atoms with Crippen molar-refractivity contribution in [3.05, 3.63) is 40.5 Å². The zero-order valence-electron chi connectivity index (χ0n) is 15.5. The van der Waals surface area contributed by atoms with Crippen LogP contribution in [-0.2, 0) is 11.2 Å². The first-order valence-electron chi connectivity index (χ1n) is 8.84. The van der Waals surface area contributed by atoms with Gasteiger partial charge in [0.1, 0.15) is 5.76 Å². The number of hydrogen-bond acceptors (Lipinski definition) is 5. The van der Waals surface area contributed by atoms with E-state index in [0.717, 1.165) is 54.6 Å². The van der Waals surface area contributed by atoms with Crippen molar-refractivity contribution in [2.75, 3.05) is 31.1 Å². The lowest BCUT2D eigenvalue weighted by Gasteiger charge is -2.36. The summed E-state index contributed by atoms with van der Waals surface area (Å²) in [4.78, 5) is 21.2. The van der Waals surface area contributed by atoms with Gasteiger partial charge in [-0.05, 0) is 46.2 Å². The minimum absolute atomic E-state index is 0.210. The van der Waals surface area contributed by atoms with Crippen LogP contribution in [0.15, 0.2) is 16.7 Å². The first-order chi connectivity index (χ1) is 11.9. The van der Waals surface area contributed by atoms with Crippen LogP contribution in [0.3, 0.4) is 0 Å². The molecule has 134 valence electrons. The Morgan fingerprint density at radius 2 is 1.72 bits per heavy atom. The Balaban J connectivity index is 1.54. The summed E-state index contributed by atoms with van der Waals surface area (Å²) in [6.07, 6.45) is 1.21. The molecule has 0 aliphatic carbocycles. The van der Waals surface area contributed by atoms with Crippen molar-refractivity contribution < 1.29 is 9.32 Å². The first-order valence-corrected chi connectivity index (χ1v) is 8.84. The van der Waals surface area contributed by atoms with Crippen molar-refractivity contribution >= 4 is 11.6 Å². The molecule has 3 rings (SSSR count). The molecule has 0 atom stereocenters. The Labute approximate surface area is 148 Å². The highest BCUT2D eigenvalue weighted by atomic mass is 16.5. The van der Waals surface area contributed by atoms with Gasteiger partial charge in [0.25, 0.3) is 0 Å². The average Bonchev–Trinajstić information content (AvgIpc) is 2.90. The van der Waals surface area contributed by atoms with Crippen LogP contribution in [0, 0.1) is 27.7 Å². The molecule has 1 amide bonds. The number of nitrogens with zero attached hydrogens (tertiary/aromatic N) is 4. The Hall–Kier alpha value is -2.37. The minimum atomic E-state index is 0.210. The lowest BCUT2D eigenvalue weighted by Crippen LogP contribution is -2.48. The molecule has 0 aromatic carbocycles. The highest BCUT2D eigenvalue weighted by Gasteiger charge is 2.22. The second-order valence-corrected chi connectivity index (χ2v) is 6.78. The van der Waals surface area contributed by atoms with Gasteiger partial charge < -0.3 is 14.3 Å². The maximum Gasteiger partial charge on any atom is 0.223 e. The maximum atomic E-state index is 12.5. The Kier molecular flexibility index (Phi) is 5.06. The number of carbonyl (C=O) groups excluding carboxylic acids is 1. The summed E-state index contributed by atoms with van der Waals surface area (Å²) in [7, 11) is 0. The molecule has 3 heterocycles. The summed E-state index contributed by atoms with van der Waals surface area (Å²) < 4.78 is 5.17. The summed E-state index contributed by atoms with van der Waals surface area (Å²) in [5.41, 5.74) is 5.22. The fourth-order valence-electron chi connectivity index (χ4n) is 3.46. The van der Waals surface area contributed by atoms with Crippen molar-refractivity contribution in [1.29, 1.82) is 0 Å². The van der Waals surface area contributed by atoms with Crippen LogP contribution < -0.4 is 4.90 Å². The van der Waals surface area contributed by atoms with E-state index in [1.165, 1.54) is 5.69 Å². The second kappa shape index (κ2) is 7.25. The van der Waals surface area contributed by atoms with Gasteiger partial charge in [-0.3, -0.25) is 9.78 Å². The molecule has 2 aromatic heterocycles. The third kappa shape index (κ3) is 4.00. The second-order valence-electron chi connectivity index (χ2n) is 6.78. The fourth-order valence-corrected chi connectivity index (χ4v) is 3.46. The number of aryl methyl sites for hydroxylation is 4. The molecule has 25 heavy (non-hydrogen) atoms. The SMILES string of the molecule is Cc1cc(N2CCN(C(=O)CCc3c(C)noc3C)CC2)cc(C)n1. The standard InChI is InChI=1S/C19H26N4O2/c1-13-11-17(12-14(2)20-13)22-7-9-23(10-8-22)19(24)6-5-18-15(3)21-25-16(18)4/h11-12H,5-10H2,1-4H3. The molecule has 0 radical (unpaired) electrons. The van der Waals surface area contributed by atoms with Crippen LogP contribution in [0.2, 0.25) is 0 Å². The molecule has 1 saturated heterocycles. The van der Waals surface area contributed by atoms with Gasteiger partial charge in [-0.25, -0.2) is 0 Å². The lowest BCUT2D eigenvalue weighted by atomic mass is 10.1. The molecule has 1 aliphatic heterocycles. The van der Waals surface area contributed by atoms with E-state index >= 15 is 0 Å². The summed E-state index contributed by atoms with van der Waals surface area (Å²) in [5.74, 6) is 1.03. The number of pyridine rings is 1. The number of carbonyl (C=O) groups is 1. The zero-order valence-corrected chi connectivity index (χ0v) is 15.5. The zero-order chi connectivity index (χ0) is 18.0. The number of hydrogen-bond donors (Lipinski definition) is 0. The van der Waals surface area contributed by atoms with Crippen LogP contribution in [-0.4, -0.2) is 47.1 Å². The van der Waals surface area contributed by atoms with Crippen molar-refractivity contribution in [2.24, 2.45) is 0 Å². The number of amides is 1. The molecule has 1 aliphatic rings. The van der Waals surface area contributed by atoms with Gasteiger partial charge in [0.05, 0.1) is 5.69 Å². The van der Waals surface area contributed by atoms with Gasteiger partial charge >= 0.3 is 0 Å². The highest BCUT2D eigenvalue weighted by Crippen LogP contribution is 2.19. The van der Waals surface area contributed by atoms with E-state index in [9.17, 15) is 4.79 Å². The number of piperazine rings is 1. The number of anilines is 1. The first kappa shape index (κ1) is 17.5. The summed E-state index contributed by atoms with van der Waals surface area (Å²) >= 11 is 0. The van der Waals surface area contributed by atoms with Gasteiger partial charge in [-0.1, -0.05) is 5.16 Å². The average molecular weight is 342 g/mol. The minimum Gasteiger partial charge on any atom is -0.368 e. The van der Waals surface area contributed by atoms with Gasteiger partial charge in [0, 0.05) is 55.2 Å². The lowest BCUT2D eigenvalue weighted by molar-refractivity contribution is -0.131. The maximum absolute atomic E-state index is 12.5. The van der Waals surface area contributed by atoms with E-state index in [1.807, 2.05) is 32.6 Å². The van der Waals surface area contributed by atoms with Crippen LogP contribution in [0.25, 0.3) is 0 Å². The molecule has 0 spiro atoms. The Morgan fingerprint density at radius 3 is 2.28 bits per heavy atom. The topological polar surface area (TPSA) is 62.5 Å². The Morgan fingerprint density at radius 1 is 1.08 bits per heavy atom. The van der Waals surface area contributed by atoms with Gasteiger partial charge in [0.2, 0.25) is 5.91 Å². The molecule has 0 unspecified atom stereocenters. The van der Waals surface area contributed by atoms with Crippen LogP contribution in [0.5, 0.6) is 0 Å². The molecular formula is C19H26N4O2. The van der Waals surface area contributed by atoms with Crippen molar-refractivity contribution in [3.63, 3.8) is 0 Å². The van der Waals surface area contributed by atoms with Crippen LogP contribution in [0.4, 0.5) is 5.69 Å². The molecule has 2 aromatic rings. The molecule has 6 nitrogen and oxygen atoms in total. The van der Waals surface area contributed by atoms with Gasteiger partial charge in [-0.2, -0.15) is 0 Å². The predicted octanol–water partition coefficient (Wildman–Crippen LogP) is 2.58. The van der Waals surface area contributed by atoms with Crippen molar-refractivity contribution in [1.82, 2.24) is 15.0 Å². The van der Waals surface area contributed by atoms with Crippen molar-refractivity contribution in [2.45, 2.75) is 40.5 Å². The van der Waals surface area contributed by atoms with E-state index in [1.54, 1.807) is 0 Å². The van der Waals surface area contributed by atoms with E-state index in [0.29, 0.717) is 12.8 Å². The van der Waals surface area contributed by atoms with Gasteiger partial charge in [-0.15, -0.1) is 0 Å². The van der Waals surface area contributed by atoms with E-state index in [-0.39, 0.29) is 5.91 Å². The van der Waals surface area contributed by atoms with Crippen LogP contribution in [0.1, 0.15) is 34.8 Å². The van der Waals surface area contributed by atoms with E-state index in [2.05, 4.69) is 27.2 Å². The molecule has 1 fully saturated rings. The quantitative estimate of drug-likeness (QED) is 0.854. The smallest absolute Gasteiger partial charge is 0.223 e.